The van der Waals surface area contributed by atoms with E-state index in [1.54, 1.807) is 37.6 Å². The van der Waals surface area contributed by atoms with Crippen molar-refractivity contribution in [3.63, 3.8) is 0 Å². The molecule has 6 rings (SSSR count). The molecule has 2 aliphatic heterocycles. The maximum absolute atomic E-state index is 13.9. The largest absolute Gasteiger partial charge is 0.480 e. The van der Waals surface area contributed by atoms with E-state index in [0.717, 1.165) is 40.8 Å². The van der Waals surface area contributed by atoms with Gasteiger partial charge in [-0.25, -0.2) is 19.2 Å². The van der Waals surface area contributed by atoms with Gasteiger partial charge in [-0.2, -0.15) is 0 Å². The molecule has 0 radical (unpaired) electrons. The van der Waals surface area contributed by atoms with Crippen LogP contribution in [0.25, 0.3) is 33.0 Å². The molecular weight excluding hydrogens is 495 g/mol. The van der Waals surface area contributed by atoms with E-state index >= 15 is 0 Å². The van der Waals surface area contributed by atoms with Gasteiger partial charge in [-0.15, -0.1) is 0 Å². The van der Waals surface area contributed by atoms with Crippen molar-refractivity contribution in [2.45, 2.75) is 18.9 Å². The second-order valence-electron chi connectivity index (χ2n) is 9.22. The molecule has 1 aliphatic carbocycles. The summed E-state index contributed by atoms with van der Waals surface area (Å²) in [5.41, 5.74) is 5.65. The first-order valence-electron chi connectivity index (χ1n) is 12.6. The zero-order valence-electron chi connectivity index (χ0n) is 21.3. The van der Waals surface area contributed by atoms with Crippen LogP contribution in [-0.4, -0.2) is 40.9 Å². The van der Waals surface area contributed by atoms with Crippen LogP contribution in [-0.2, 0) is 4.74 Å². The summed E-state index contributed by atoms with van der Waals surface area (Å²) in [5, 5.41) is 4.21. The molecule has 1 fully saturated rings. The normalized spacial score (nSPS) is 14.4. The van der Waals surface area contributed by atoms with Crippen LogP contribution in [0.1, 0.15) is 12.8 Å². The van der Waals surface area contributed by atoms with Crippen molar-refractivity contribution in [2.75, 3.05) is 25.6 Å². The highest BCUT2D eigenvalue weighted by atomic mass is 19.1. The lowest BCUT2D eigenvalue weighted by Crippen LogP contribution is -2.23. The molecule has 2 aromatic carbocycles. The molecule has 194 valence electrons. The van der Waals surface area contributed by atoms with E-state index in [1.165, 1.54) is 12.1 Å². The third kappa shape index (κ3) is 4.90. The molecule has 3 aliphatic rings. The first-order valence-corrected chi connectivity index (χ1v) is 12.6. The predicted molar refractivity (Wildman–Crippen MR) is 147 cm³/mol. The highest BCUT2D eigenvalue weighted by Crippen LogP contribution is 2.33. The number of hydrogen-bond acceptors (Lipinski definition) is 6. The highest BCUT2D eigenvalue weighted by Gasteiger charge is 2.19. The number of halogens is 1. The standard InChI is InChI=1S/C30H25FN6O2/c1-32-21-7-10-28-26(16-21)36-27-17-24(35-23-4-3-13-33-30(23)38-2)25(34-20-11-14-39-15-12-20)18-29(27)37(28)22-8-5-19(31)6-9-22/h3-10,13,16-18,20,35H,11-12,14-15H2,2H3/b34-25+. The maximum atomic E-state index is 13.9. The number of methoxy groups -OCH3 is 1. The average Bonchev–Trinajstić information content (AvgIpc) is 2.97. The molecule has 1 N–H and O–H groups in total. The summed E-state index contributed by atoms with van der Waals surface area (Å²) in [6.45, 7) is 8.82. The van der Waals surface area contributed by atoms with Gasteiger partial charge in [0, 0.05) is 25.1 Å². The van der Waals surface area contributed by atoms with Crippen molar-refractivity contribution < 1.29 is 13.9 Å². The quantitative estimate of drug-likeness (QED) is 0.226. The van der Waals surface area contributed by atoms with Crippen molar-refractivity contribution in [3.05, 3.63) is 95.5 Å². The lowest BCUT2D eigenvalue weighted by molar-refractivity contribution is 0.0864. The molecule has 0 bridgehead atoms. The lowest BCUT2D eigenvalue weighted by atomic mass is 10.1. The third-order valence-corrected chi connectivity index (χ3v) is 6.73. The summed E-state index contributed by atoms with van der Waals surface area (Å²) in [5.74, 6) is 0.147. The fraction of sp³-hybridized carbons (Fsp3) is 0.200. The summed E-state index contributed by atoms with van der Waals surface area (Å²) in [6, 6.07) is 19.5. The van der Waals surface area contributed by atoms with Crippen LogP contribution in [0, 0.1) is 12.4 Å². The molecule has 0 atom stereocenters. The Hall–Kier alpha value is -4.81. The van der Waals surface area contributed by atoms with Gasteiger partial charge in [-0.3, -0.25) is 4.99 Å². The van der Waals surface area contributed by atoms with Gasteiger partial charge < -0.3 is 19.4 Å². The van der Waals surface area contributed by atoms with Crippen LogP contribution in [0.3, 0.4) is 0 Å². The van der Waals surface area contributed by atoms with E-state index in [9.17, 15) is 4.39 Å². The second-order valence-corrected chi connectivity index (χ2v) is 9.22. The Morgan fingerprint density at radius 2 is 1.90 bits per heavy atom. The molecule has 1 saturated heterocycles. The Morgan fingerprint density at radius 1 is 1.08 bits per heavy atom. The molecule has 39 heavy (non-hydrogen) atoms. The minimum absolute atomic E-state index is 0.112. The van der Waals surface area contributed by atoms with E-state index in [1.807, 2.05) is 34.9 Å². The first-order chi connectivity index (χ1) is 19.1. The third-order valence-electron chi connectivity index (χ3n) is 6.73. The van der Waals surface area contributed by atoms with Crippen molar-refractivity contribution in [3.8, 4) is 23.0 Å². The van der Waals surface area contributed by atoms with Crippen molar-refractivity contribution in [1.29, 1.82) is 0 Å². The SMILES string of the molecule is [C-]#[N+]c1ccc2c(c1)nc1cc(Nc3cccnc3OC)/c(=N/C3CCOCC3)cc-1n2-c1ccc(F)cc1. The van der Waals surface area contributed by atoms with Gasteiger partial charge in [0.25, 0.3) is 0 Å². The molecule has 0 spiro atoms. The van der Waals surface area contributed by atoms with Crippen LogP contribution < -0.4 is 15.4 Å². The Morgan fingerprint density at radius 3 is 2.67 bits per heavy atom. The molecule has 9 heteroatoms. The Bertz CT molecular complexity index is 1740. The molecule has 3 aromatic rings. The summed E-state index contributed by atoms with van der Waals surface area (Å²) < 4.78 is 26.9. The molecular formula is C30H25FN6O2. The molecule has 0 saturated carbocycles. The lowest BCUT2D eigenvalue weighted by Gasteiger charge is -2.22. The summed E-state index contributed by atoms with van der Waals surface area (Å²) in [4.78, 5) is 18.0. The number of nitrogens with zero attached hydrogens (tertiary/aromatic N) is 5. The van der Waals surface area contributed by atoms with Crippen LogP contribution in [0.5, 0.6) is 5.88 Å². The van der Waals surface area contributed by atoms with Crippen LogP contribution in [0.4, 0.5) is 21.5 Å². The Kier molecular flexibility index (Phi) is 6.61. The van der Waals surface area contributed by atoms with Gasteiger partial charge in [-0.1, -0.05) is 6.07 Å². The highest BCUT2D eigenvalue weighted by molar-refractivity contribution is 5.86. The number of anilines is 2. The smallest absolute Gasteiger partial charge is 0.237 e. The van der Waals surface area contributed by atoms with Gasteiger partial charge in [0.2, 0.25) is 5.88 Å². The zero-order valence-corrected chi connectivity index (χ0v) is 21.3. The minimum Gasteiger partial charge on any atom is -0.480 e. The Balaban J connectivity index is 1.64. The molecule has 1 aromatic heterocycles. The summed E-state index contributed by atoms with van der Waals surface area (Å²) >= 11 is 0. The minimum atomic E-state index is -0.315. The van der Waals surface area contributed by atoms with Gasteiger partial charge in [0.15, 0.2) is 5.69 Å². The Labute approximate surface area is 224 Å². The van der Waals surface area contributed by atoms with Crippen LogP contribution >= 0.6 is 0 Å². The van der Waals surface area contributed by atoms with Crippen molar-refractivity contribution >= 4 is 28.1 Å². The van der Waals surface area contributed by atoms with Crippen LogP contribution in [0.2, 0.25) is 0 Å². The number of nitrogens with one attached hydrogen (secondary N) is 1. The number of ether oxygens (including phenoxy) is 2. The number of rotatable bonds is 5. The topological polar surface area (TPSA) is 77.9 Å². The fourth-order valence-electron chi connectivity index (χ4n) is 4.83. The van der Waals surface area contributed by atoms with Crippen molar-refractivity contribution in [1.82, 2.24) is 14.5 Å². The van der Waals surface area contributed by atoms with Crippen molar-refractivity contribution in [2.24, 2.45) is 4.99 Å². The van der Waals surface area contributed by atoms with E-state index < -0.39 is 0 Å². The average molecular weight is 521 g/mol. The van der Waals surface area contributed by atoms with E-state index in [4.69, 9.17) is 26.0 Å². The molecule has 3 heterocycles. The second kappa shape index (κ2) is 10.5. The fourth-order valence-corrected chi connectivity index (χ4v) is 4.83. The number of pyridine rings is 1. The molecule has 0 unspecified atom stereocenters. The van der Waals surface area contributed by atoms with Gasteiger partial charge in [0.1, 0.15) is 11.5 Å². The maximum Gasteiger partial charge on any atom is 0.237 e. The van der Waals surface area contributed by atoms with Crippen LogP contribution in [0.15, 0.2) is 77.9 Å². The number of hydrogen-bond donors (Lipinski definition) is 1. The number of benzene rings is 3. The van der Waals surface area contributed by atoms with E-state index in [0.29, 0.717) is 41.7 Å². The van der Waals surface area contributed by atoms with E-state index in [2.05, 4.69) is 15.1 Å². The molecule has 0 amide bonds. The summed E-state index contributed by atoms with van der Waals surface area (Å²) in [7, 11) is 1.58. The van der Waals surface area contributed by atoms with Gasteiger partial charge in [0.05, 0.1) is 53.2 Å². The van der Waals surface area contributed by atoms with Gasteiger partial charge in [-0.05, 0) is 73.5 Å². The summed E-state index contributed by atoms with van der Waals surface area (Å²) in [6.07, 6.45) is 3.34. The number of aromatic nitrogens is 3. The molecule has 8 nitrogen and oxygen atoms in total. The first kappa shape index (κ1) is 24.5. The predicted octanol–water partition coefficient (Wildman–Crippen LogP) is 6.05. The van der Waals surface area contributed by atoms with Gasteiger partial charge >= 0.3 is 0 Å². The van der Waals surface area contributed by atoms with E-state index in [-0.39, 0.29) is 11.9 Å². The zero-order chi connectivity index (χ0) is 26.8. The number of fused-ring (bicyclic) bond motifs is 2. The monoisotopic (exact) mass is 520 g/mol.